The van der Waals surface area contributed by atoms with E-state index < -0.39 is 0 Å². The lowest BCUT2D eigenvalue weighted by molar-refractivity contribution is 0.961. The fourth-order valence-corrected chi connectivity index (χ4v) is 3.54. The van der Waals surface area contributed by atoms with Gasteiger partial charge >= 0.3 is 0 Å². The van der Waals surface area contributed by atoms with Crippen LogP contribution in [0.2, 0.25) is 5.02 Å². The van der Waals surface area contributed by atoms with Gasteiger partial charge < -0.3 is 0 Å². The summed E-state index contributed by atoms with van der Waals surface area (Å²) in [4.78, 5) is 1.52. The monoisotopic (exact) mass is 338 g/mol. The molecule has 8 nitrogen and oxygen atoms in total. The molecule has 11 heteroatoms. The summed E-state index contributed by atoms with van der Waals surface area (Å²) in [5.41, 5.74) is 2.23. The molecule has 0 amide bonds. The number of fused-ring (bicyclic) bond motifs is 1. The fraction of sp³-hybridized carbons (Fsp3) is 0.200. The van der Waals surface area contributed by atoms with Crippen molar-refractivity contribution in [3.05, 3.63) is 16.4 Å². The second-order valence-electron chi connectivity index (χ2n) is 4.32. The van der Waals surface area contributed by atoms with E-state index in [-0.39, 0.29) is 0 Å². The number of hydrogen-bond acceptors (Lipinski definition) is 8. The summed E-state index contributed by atoms with van der Waals surface area (Å²) in [7, 11) is 0. The maximum Gasteiger partial charge on any atom is 0.235 e. The lowest BCUT2D eigenvalue weighted by atomic mass is 10.4. The van der Waals surface area contributed by atoms with Gasteiger partial charge in [0.15, 0.2) is 10.8 Å². The van der Waals surface area contributed by atoms with Gasteiger partial charge in [0, 0.05) is 0 Å². The van der Waals surface area contributed by atoms with E-state index in [2.05, 4.69) is 35.1 Å². The van der Waals surface area contributed by atoms with Crippen molar-refractivity contribution in [2.75, 3.05) is 0 Å². The Morgan fingerprint density at radius 1 is 1.19 bits per heavy atom. The molecule has 0 saturated heterocycles. The van der Waals surface area contributed by atoms with Gasteiger partial charge in [0.25, 0.3) is 0 Å². The third-order valence-corrected chi connectivity index (χ3v) is 5.11. The molecule has 0 saturated carbocycles. The van der Waals surface area contributed by atoms with Crippen molar-refractivity contribution in [3.8, 4) is 21.4 Å². The van der Waals surface area contributed by atoms with Crippen molar-refractivity contribution >= 4 is 39.4 Å². The number of halogens is 1. The van der Waals surface area contributed by atoms with E-state index in [9.17, 15) is 0 Å². The van der Waals surface area contributed by atoms with E-state index in [0.717, 1.165) is 16.3 Å². The maximum atomic E-state index is 6.21. The third-order valence-electron chi connectivity index (χ3n) is 2.92. The smallest absolute Gasteiger partial charge is 0.235 e. The molecule has 4 rings (SSSR count). The van der Waals surface area contributed by atoms with Gasteiger partial charge in [-0.1, -0.05) is 27.4 Å². The van der Waals surface area contributed by atoms with Crippen LogP contribution in [-0.4, -0.2) is 39.6 Å². The van der Waals surface area contributed by atoms with Crippen molar-refractivity contribution < 1.29 is 0 Å². The second kappa shape index (κ2) is 4.55. The Labute approximate surface area is 131 Å². The lowest BCUT2D eigenvalue weighted by Crippen LogP contribution is -1.91. The Bertz CT molecular complexity index is 948. The predicted molar refractivity (Wildman–Crippen MR) is 79.6 cm³/mol. The van der Waals surface area contributed by atoms with Crippen LogP contribution < -0.4 is 0 Å². The maximum absolute atomic E-state index is 6.21. The van der Waals surface area contributed by atoms with E-state index in [1.807, 2.05) is 13.8 Å². The molecule has 106 valence electrons. The molecule has 0 aliphatic heterocycles. The van der Waals surface area contributed by atoms with E-state index in [4.69, 9.17) is 11.6 Å². The van der Waals surface area contributed by atoms with Gasteiger partial charge in [-0.05, 0) is 25.4 Å². The van der Waals surface area contributed by atoms with Crippen molar-refractivity contribution in [1.29, 1.82) is 0 Å². The molecular weight excluding hydrogens is 332 g/mol. The van der Waals surface area contributed by atoms with Gasteiger partial charge in [-0.2, -0.15) is 14.7 Å². The summed E-state index contributed by atoms with van der Waals surface area (Å²) in [6, 6.07) is 0. The molecule has 0 spiro atoms. The third kappa shape index (κ3) is 1.87. The van der Waals surface area contributed by atoms with Crippen LogP contribution in [-0.2, 0) is 0 Å². The molecular formula is C10H7ClN8S2. The van der Waals surface area contributed by atoms with Crippen LogP contribution in [0.15, 0.2) is 0 Å². The zero-order valence-electron chi connectivity index (χ0n) is 10.8. The lowest BCUT2D eigenvalue weighted by Gasteiger charge is -1.92. The van der Waals surface area contributed by atoms with Crippen LogP contribution in [0, 0.1) is 13.8 Å². The molecule has 0 radical (unpaired) electrons. The van der Waals surface area contributed by atoms with Crippen LogP contribution in [0.3, 0.4) is 0 Å². The highest BCUT2D eigenvalue weighted by molar-refractivity contribution is 7.19. The Kier molecular flexibility index (Phi) is 2.77. The van der Waals surface area contributed by atoms with Gasteiger partial charge in [-0.25, -0.2) is 0 Å². The number of hydrogen-bond donors (Lipinski definition) is 1. The van der Waals surface area contributed by atoms with Crippen LogP contribution in [0.25, 0.3) is 26.4 Å². The van der Waals surface area contributed by atoms with Crippen LogP contribution in [0.5, 0.6) is 0 Å². The van der Waals surface area contributed by atoms with Crippen molar-refractivity contribution in [2.24, 2.45) is 0 Å². The van der Waals surface area contributed by atoms with Gasteiger partial charge in [-0.15, -0.1) is 15.3 Å². The molecule has 0 unspecified atom stereocenters. The van der Waals surface area contributed by atoms with Crippen LogP contribution in [0.1, 0.15) is 11.4 Å². The summed E-state index contributed by atoms with van der Waals surface area (Å²) in [5.74, 6) is 0.628. The van der Waals surface area contributed by atoms with Crippen molar-refractivity contribution in [3.63, 3.8) is 0 Å². The van der Waals surface area contributed by atoms with Gasteiger partial charge in [0.05, 0.1) is 16.4 Å². The SMILES string of the molecule is Cc1nnsc1-c1nnc2sc(-c3n[nH]c(C)c3Cl)nn12. The number of H-pyrrole nitrogens is 1. The van der Waals surface area contributed by atoms with Crippen LogP contribution in [0.4, 0.5) is 0 Å². The number of nitrogens with one attached hydrogen (secondary N) is 1. The Hall–Kier alpha value is -1.91. The first-order chi connectivity index (χ1) is 10.1. The van der Waals surface area contributed by atoms with Crippen molar-refractivity contribution in [1.82, 2.24) is 39.6 Å². The average Bonchev–Trinajstić information content (AvgIpc) is 3.17. The molecule has 0 fully saturated rings. The molecule has 0 bridgehead atoms. The molecule has 0 aromatic carbocycles. The quantitative estimate of drug-likeness (QED) is 0.602. The summed E-state index contributed by atoms with van der Waals surface area (Å²) >= 11 is 8.86. The Balaban J connectivity index is 1.90. The Morgan fingerprint density at radius 2 is 2.05 bits per heavy atom. The minimum absolute atomic E-state index is 0.567. The van der Waals surface area contributed by atoms with Crippen LogP contribution >= 0.6 is 34.5 Å². The number of rotatable bonds is 2. The topological polar surface area (TPSA) is 97.5 Å². The average molecular weight is 339 g/mol. The zero-order chi connectivity index (χ0) is 14.6. The first-order valence-electron chi connectivity index (χ1n) is 5.87. The van der Waals surface area contributed by atoms with Gasteiger partial charge in [0.2, 0.25) is 4.96 Å². The number of aryl methyl sites for hydroxylation is 2. The second-order valence-corrected chi connectivity index (χ2v) is 6.41. The highest BCUT2D eigenvalue weighted by Gasteiger charge is 2.20. The van der Waals surface area contributed by atoms with E-state index in [1.165, 1.54) is 22.9 Å². The normalized spacial score (nSPS) is 11.6. The predicted octanol–water partition coefficient (Wildman–Crippen LogP) is 2.36. The summed E-state index contributed by atoms with van der Waals surface area (Å²) in [6.07, 6.45) is 0. The first-order valence-corrected chi connectivity index (χ1v) is 7.84. The Morgan fingerprint density at radius 3 is 2.71 bits per heavy atom. The minimum Gasteiger partial charge on any atom is -0.281 e. The van der Waals surface area contributed by atoms with E-state index in [0.29, 0.717) is 26.5 Å². The molecule has 1 N–H and O–H groups in total. The summed E-state index contributed by atoms with van der Waals surface area (Å²) < 4.78 is 5.58. The van der Waals surface area contributed by atoms with Gasteiger partial charge in [0.1, 0.15) is 10.6 Å². The largest absolute Gasteiger partial charge is 0.281 e. The zero-order valence-corrected chi connectivity index (χ0v) is 13.2. The molecule has 0 aliphatic rings. The highest BCUT2D eigenvalue weighted by atomic mass is 35.5. The number of nitrogens with zero attached hydrogens (tertiary/aromatic N) is 7. The summed E-state index contributed by atoms with van der Waals surface area (Å²) in [5, 5.41) is 25.1. The fourth-order valence-electron chi connectivity index (χ4n) is 1.85. The van der Waals surface area contributed by atoms with Gasteiger partial charge in [-0.3, -0.25) is 5.10 Å². The number of aromatic nitrogens is 8. The highest BCUT2D eigenvalue weighted by Crippen LogP contribution is 2.33. The molecule has 21 heavy (non-hydrogen) atoms. The minimum atomic E-state index is 0.567. The molecule has 0 aliphatic carbocycles. The van der Waals surface area contributed by atoms with E-state index >= 15 is 0 Å². The molecule has 4 aromatic heterocycles. The molecule has 4 aromatic rings. The molecule has 0 atom stereocenters. The number of aromatic amines is 1. The van der Waals surface area contributed by atoms with E-state index in [1.54, 1.807) is 4.52 Å². The first kappa shape index (κ1) is 12.8. The van der Waals surface area contributed by atoms with Crippen molar-refractivity contribution in [2.45, 2.75) is 13.8 Å². The molecule has 4 heterocycles. The standard InChI is InChI=1S/C10H7ClN8S2/c1-3-5(11)6(14-12-3)9-17-19-8(15-16-10(19)20-9)7-4(2)13-18-21-7/h1-2H3,(H,12,14). The summed E-state index contributed by atoms with van der Waals surface area (Å²) in [6.45, 7) is 3.73.